The van der Waals surface area contributed by atoms with Crippen molar-refractivity contribution < 1.29 is 9.59 Å². The standard InChI is InChI=1S/C8H17N3O2/c1-3-5-6(11-9)7(12)8(13)10-4-2/h6,11H,3-5,9H2,1-2H3,(H,10,13). The molecule has 76 valence electrons. The number of rotatable bonds is 6. The van der Waals surface area contributed by atoms with Crippen molar-refractivity contribution in [3.63, 3.8) is 0 Å². The summed E-state index contributed by atoms with van der Waals surface area (Å²) in [5.74, 6) is 4.08. The van der Waals surface area contributed by atoms with Crippen LogP contribution in [0.15, 0.2) is 0 Å². The lowest BCUT2D eigenvalue weighted by atomic mass is 10.1. The second-order valence-corrected chi connectivity index (χ2v) is 2.73. The molecule has 0 saturated heterocycles. The summed E-state index contributed by atoms with van der Waals surface area (Å²) < 4.78 is 0. The molecule has 0 saturated carbocycles. The molecule has 5 nitrogen and oxygen atoms in total. The van der Waals surface area contributed by atoms with Crippen LogP contribution in [0.1, 0.15) is 26.7 Å². The van der Waals surface area contributed by atoms with Crippen LogP contribution in [0.5, 0.6) is 0 Å². The third-order valence-electron chi connectivity index (χ3n) is 1.66. The highest BCUT2D eigenvalue weighted by molar-refractivity contribution is 6.38. The Morgan fingerprint density at radius 1 is 1.38 bits per heavy atom. The second-order valence-electron chi connectivity index (χ2n) is 2.73. The van der Waals surface area contributed by atoms with E-state index in [1.165, 1.54) is 0 Å². The van der Waals surface area contributed by atoms with E-state index in [0.717, 1.165) is 6.42 Å². The van der Waals surface area contributed by atoms with Crippen LogP contribution in [-0.4, -0.2) is 24.3 Å². The average Bonchev–Trinajstić information content (AvgIpc) is 2.13. The minimum Gasteiger partial charge on any atom is -0.350 e. The normalized spacial score (nSPS) is 12.2. The Labute approximate surface area is 78.0 Å². The van der Waals surface area contributed by atoms with Gasteiger partial charge in [-0.3, -0.25) is 15.4 Å². The Kier molecular flexibility index (Phi) is 6.09. The number of hydrogen-bond acceptors (Lipinski definition) is 4. The number of carbonyl (C=O) groups is 2. The Hall–Kier alpha value is -0.940. The zero-order valence-corrected chi connectivity index (χ0v) is 8.09. The van der Waals surface area contributed by atoms with Gasteiger partial charge in [0, 0.05) is 6.54 Å². The molecule has 0 aromatic carbocycles. The third-order valence-corrected chi connectivity index (χ3v) is 1.66. The predicted octanol–water partition coefficient (Wildman–Crippen LogP) is -0.676. The van der Waals surface area contributed by atoms with Crippen molar-refractivity contribution in [3.05, 3.63) is 0 Å². The van der Waals surface area contributed by atoms with Gasteiger partial charge in [0.2, 0.25) is 5.78 Å². The van der Waals surface area contributed by atoms with E-state index in [1.807, 2.05) is 6.92 Å². The fourth-order valence-electron chi connectivity index (χ4n) is 0.985. The van der Waals surface area contributed by atoms with E-state index in [2.05, 4.69) is 10.7 Å². The molecule has 0 aliphatic heterocycles. The Morgan fingerprint density at radius 3 is 2.38 bits per heavy atom. The molecule has 0 fully saturated rings. The molecule has 0 rings (SSSR count). The van der Waals surface area contributed by atoms with Gasteiger partial charge in [-0.15, -0.1) is 0 Å². The van der Waals surface area contributed by atoms with E-state index in [1.54, 1.807) is 6.92 Å². The molecular weight excluding hydrogens is 170 g/mol. The summed E-state index contributed by atoms with van der Waals surface area (Å²) in [7, 11) is 0. The second kappa shape index (κ2) is 6.56. The number of hydrogen-bond donors (Lipinski definition) is 3. The van der Waals surface area contributed by atoms with E-state index < -0.39 is 17.7 Å². The summed E-state index contributed by atoms with van der Waals surface area (Å²) in [6.07, 6.45) is 1.38. The Bertz CT molecular complexity index is 182. The van der Waals surface area contributed by atoms with Crippen LogP contribution in [-0.2, 0) is 9.59 Å². The van der Waals surface area contributed by atoms with Crippen molar-refractivity contribution in [1.29, 1.82) is 0 Å². The van der Waals surface area contributed by atoms with E-state index in [-0.39, 0.29) is 0 Å². The smallest absolute Gasteiger partial charge is 0.289 e. The fraction of sp³-hybridized carbons (Fsp3) is 0.750. The van der Waals surface area contributed by atoms with E-state index in [4.69, 9.17) is 5.84 Å². The van der Waals surface area contributed by atoms with E-state index in [9.17, 15) is 9.59 Å². The van der Waals surface area contributed by atoms with Gasteiger partial charge >= 0.3 is 0 Å². The van der Waals surface area contributed by atoms with Gasteiger partial charge in [-0.25, -0.2) is 5.43 Å². The number of ketones is 1. The summed E-state index contributed by atoms with van der Waals surface area (Å²) in [6, 6.07) is -0.559. The third kappa shape index (κ3) is 4.00. The summed E-state index contributed by atoms with van der Waals surface area (Å²) in [6.45, 7) is 4.14. The van der Waals surface area contributed by atoms with Gasteiger partial charge in [0.15, 0.2) is 0 Å². The molecule has 0 aliphatic rings. The van der Waals surface area contributed by atoms with Crippen LogP contribution < -0.4 is 16.6 Å². The van der Waals surface area contributed by atoms with Crippen LogP contribution in [0.3, 0.4) is 0 Å². The summed E-state index contributed by atoms with van der Waals surface area (Å²) in [5.41, 5.74) is 2.33. The molecule has 0 spiro atoms. The molecule has 0 bridgehead atoms. The first-order chi connectivity index (χ1) is 6.17. The van der Waals surface area contributed by atoms with Gasteiger partial charge in [0.25, 0.3) is 5.91 Å². The van der Waals surface area contributed by atoms with E-state index >= 15 is 0 Å². The minimum atomic E-state index is -0.570. The molecule has 0 radical (unpaired) electrons. The zero-order chi connectivity index (χ0) is 10.3. The molecule has 1 amide bonds. The molecule has 4 N–H and O–H groups in total. The Morgan fingerprint density at radius 2 is 2.00 bits per heavy atom. The first kappa shape index (κ1) is 12.1. The number of Topliss-reactive ketones (excluding diaryl/α,β-unsaturated/α-hetero) is 1. The quantitative estimate of drug-likeness (QED) is 0.292. The van der Waals surface area contributed by atoms with Crippen molar-refractivity contribution in [2.24, 2.45) is 5.84 Å². The highest BCUT2D eigenvalue weighted by Crippen LogP contribution is 1.96. The van der Waals surface area contributed by atoms with Crippen LogP contribution in [0, 0.1) is 0 Å². The predicted molar refractivity (Wildman–Crippen MR) is 49.7 cm³/mol. The van der Waals surface area contributed by atoms with Gasteiger partial charge in [0.1, 0.15) is 0 Å². The number of hydrazine groups is 1. The lowest BCUT2D eigenvalue weighted by Gasteiger charge is -2.12. The Balaban J connectivity index is 4.11. The maximum Gasteiger partial charge on any atom is 0.289 e. The average molecular weight is 187 g/mol. The highest BCUT2D eigenvalue weighted by atomic mass is 16.2. The number of nitrogens with two attached hydrogens (primary N) is 1. The lowest BCUT2D eigenvalue weighted by Crippen LogP contribution is -2.47. The molecular formula is C8H17N3O2. The fourth-order valence-corrected chi connectivity index (χ4v) is 0.985. The number of likely N-dealkylation sites (N-methyl/N-ethyl adjacent to an activating group) is 1. The van der Waals surface area contributed by atoms with Crippen molar-refractivity contribution in [3.8, 4) is 0 Å². The van der Waals surface area contributed by atoms with E-state index in [0.29, 0.717) is 13.0 Å². The zero-order valence-electron chi connectivity index (χ0n) is 8.09. The van der Waals surface area contributed by atoms with Crippen LogP contribution in [0.4, 0.5) is 0 Å². The summed E-state index contributed by atoms with van der Waals surface area (Å²) >= 11 is 0. The van der Waals surface area contributed by atoms with Gasteiger partial charge in [-0.2, -0.15) is 0 Å². The molecule has 0 heterocycles. The van der Waals surface area contributed by atoms with Crippen molar-refractivity contribution in [1.82, 2.24) is 10.7 Å². The highest BCUT2D eigenvalue weighted by Gasteiger charge is 2.22. The summed E-state index contributed by atoms with van der Waals surface area (Å²) in [5, 5.41) is 2.43. The van der Waals surface area contributed by atoms with Gasteiger partial charge in [-0.1, -0.05) is 13.3 Å². The molecule has 0 aromatic heterocycles. The SMILES string of the molecule is CCCC(NN)C(=O)C(=O)NCC. The maximum absolute atomic E-state index is 11.3. The minimum absolute atomic E-state index is 0.452. The van der Waals surface area contributed by atoms with Gasteiger partial charge in [0.05, 0.1) is 6.04 Å². The molecule has 1 atom stereocenters. The lowest BCUT2D eigenvalue weighted by molar-refractivity contribution is -0.139. The first-order valence-corrected chi connectivity index (χ1v) is 4.45. The van der Waals surface area contributed by atoms with Crippen molar-refractivity contribution >= 4 is 11.7 Å². The van der Waals surface area contributed by atoms with Crippen molar-refractivity contribution in [2.75, 3.05) is 6.54 Å². The molecule has 1 unspecified atom stereocenters. The van der Waals surface area contributed by atoms with Gasteiger partial charge in [-0.05, 0) is 13.3 Å². The number of nitrogens with one attached hydrogen (secondary N) is 2. The van der Waals surface area contributed by atoms with Gasteiger partial charge < -0.3 is 5.32 Å². The van der Waals surface area contributed by atoms with Crippen molar-refractivity contribution in [2.45, 2.75) is 32.7 Å². The molecule has 5 heteroatoms. The maximum atomic E-state index is 11.3. The topological polar surface area (TPSA) is 84.2 Å². The van der Waals surface area contributed by atoms with Crippen LogP contribution >= 0.6 is 0 Å². The summed E-state index contributed by atoms with van der Waals surface area (Å²) in [4.78, 5) is 22.4. The molecule has 13 heavy (non-hydrogen) atoms. The number of carbonyl (C=O) groups excluding carboxylic acids is 2. The molecule has 0 aromatic rings. The van der Waals surface area contributed by atoms with Crippen LogP contribution in [0.25, 0.3) is 0 Å². The first-order valence-electron chi connectivity index (χ1n) is 4.45. The largest absolute Gasteiger partial charge is 0.350 e. The molecule has 0 aliphatic carbocycles. The monoisotopic (exact) mass is 187 g/mol. The van der Waals surface area contributed by atoms with Crippen LogP contribution in [0.2, 0.25) is 0 Å². The number of amides is 1.